The molecule has 0 aromatic heterocycles. The molecule has 2 aromatic rings. The van der Waals surface area contributed by atoms with Gasteiger partial charge in [0.25, 0.3) is 0 Å². The Morgan fingerprint density at radius 1 is 1.22 bits per heavy atom. The van der Waals surface area contributed by atoms with E-state index in [1.165, 1.54) is 0 Å². The van der Waals surface area contributed by atoms with Crippen molar-refractivity contribution in [2.45, 2.75) is 33.3 Å². The van der Waals surface area contributed by atoms with Crippen molar-refractivity contribution < 1.29 is 4.84 Å². The summed E-state index contributed by atoms with van der Waals surface area (Å²) in [5, 5.41) is 5.52. The van der Waals surface area contributed by atoms with Gasteiger partial charge in [0.2, 0.25) is 0 Å². The van der Waals surface area contributed by atoms with Crippen molar-refractivity contribution in [2.24, 2.45) is 10.1 Å². The van der Waals surface area contributed by atoms with Crippen LogP contribution in [0.1, 0.15) is 41.7 Å². The van der Waals surface area contributed by atoms with Crippen LogP contribution in [0.2, 0.25) is 10.0 Å². The van der Waals surface area contributed by atoms with Gasteiger partial charge in [-0.1, -0.05) is 28.4 Å². The molecule has 0 N–H and O–H groups in total. The van der Waals surface area contributed by atoms with Gasteiger partial charge in [0.1, 0.15) is 0 Å². The smallest absolute Gasteiger partial charge is 0.158 e. The van der Waals surface area contributed by atoms with E-state index in [1.54, 1.807) is 12.1 Å². The minimum absolute atomic E-state index is 0.134. The standard InChI is InChI=1S/C21H23Cl2N3O/c1-5-26(4)12-24-19-9-13(2)16(8-14(19)3)21-11-20(25-27-21)17-10-15(22)6-7-18(17)23/h6-10,12,21H,5,11H2,1-4H3. The Morgan fingerprint density at radius 3 is 2.74 bits per heavy atom. The fourth-order valence-corrected chi connectivity index (χ4v) is 3.37. The van der Waals surface area contributed by atoms with Crippen molar-refractivity contribution in [1.82, 2.24) is 4.90 Å². The van der Waals surface area contributed by atoms with E-state index >= 15 is 0 Å². The molecule has 6 heteroatoms. The zero-order chi connectivity index (χ0) is 19.6. The minimum Gasteiger partial charge on any atom is -0.387 e. The third-order valence-corrected chi connectivity index (χ3v) is 5.30. The van der Waals surface area contributed by atoms with Crippen molar-refractivity contribution >= 4 is 40.9 Å². The molecule has 0 saturated heterocycles. The molecular weight excluding hydrogens is 381 g/mol. The lowest BCUT2D eigenvalue weighted by Gasteiger charge is -2.15. The normalized spacial score (nSPS) is 16.5. The van der Waals surface area contributed by atoms with Gasteiger partial charge in [-0.15, -0.1) is 0 Å². The van der Waals surface area contributed by atoms with Gasteiger partial charge in [0.05, 0.1) is 17.7 Å². The summed E-state index contributed by atoms with van der Waals surface area (Å²) in [6.07, 6.45) is 2.38. The van der Waals surface area contributed by atoms with E-state index in [9.17, 15) is 0 Å². The molecule has 0 aliphatic carbocycles. The molecule has 27 heavy (non-hydrogen) atoms. The van der Waals surface area contributed by atoms with E-state index < -0.39 is 0 Å². The quantitative estimate of drug-likeness (QED) is 0.447. The lowest BCUT2D eigenvalue weighted by Crippen LogP contribution is -2.14. The molecule has 4 nitrogen and oxygen atoms in total. The van der Waals surface area contributed by atoms with E-state index in [-0.39, 0.29) is 6.10 Å². The highest BCUT2D eigenvalue weighted by Crippen LogP contribution is 2.36. The second-order valence-corrected chi connectivity index (χ2v) is 7.62. The Labute approximate surface area is 170 Å². The zero-order valence-electron chi connectivity index (χ0n) is 16.0. The van der Waals surface area contributed by atoms with Crippen molar-refractivity contribution in [1.29, 1.82) is 0 Å². The van der Waals surface area contributed by atoms with Gasteiger partial charge in [0, 0.05) is 35.6 Å². The molecule has 2 aromatic carbocycles. The van der Waals surface area contributed by atoms with Crippen LogP contribution in [0.5, 0.6) is 0 Å². The molecule has 1 aliphatic rings. The molecule has 1 aliphatic heterocycles. The molecule has 0 spiro atoms. The van der Waals surface area contributed by atoms with Crippen molar-refractivity contribution in [3.8, 4) is 0 Å². The fraction of sp³-hybridized carbons (Fsp3) is 0.333. The van der Waals surface area contributed by atoms with E-state index in [0.717, 1.165) is 40.2 Å². The number of aryl methyl sites for hydroxylation is 2. The number of nitrogens with zero attached hydrogens (tertiary/aromatic N) is 3. The summed E-state index contributed by atoms with van der Waals surface area (Å²) in [5.74, 6) is 0. The van der Waals surface area contributed by atoms with Crippen LogP contribution in [-0.4, -0.2) is 30.5 Å². The first-order chi connectivity index (χ1) is 12.9. The highest BCUT2D eigenvalue weighted by molar-refractivity contribution is 6.36. The third kappa shape index (κ3) is 4.45. The Hall–Kier alpha value is -2.04. The van der Waals surface area contributed by atoms with Crippen LogP contribution in [0.3, 0.4) is 0 Å². The molecular formula is C21H23Cl2N3O. The van der Waals surface area contributed by atoms with Gasteiger partial charge in [-0.25, -0.2) is 4.99 Å². The Balaban J connectivity index is 1.81. The maximum Gasteiger partial charge on any atom is 0.158 e. The zero-order valence-corrected chi connectivity index (χ0v) is 17.5. The molecule has 1 unspecified atom stereocenters. The SMILES string of the molecule is CCN(C)C=Nc1cc(C)c(C2CC(c3cc(Cl)ccc3Cl)=NO2)cc1C. The molecule has 0 saturated carbocycles. The molecule has 1 heterocycles. The van der Waals surface area contributed by atoms with Gasteiger partial charge in [-0.2, -0.15) is 0 Å². The van der Waals surface area contributed by atoms with Crippen LogP contribution < -0.4 is 0 Å². The number of oxime groups is 1. The molecule has 142 valence electrons. The maximum atomic E-state index is 6.30. The number of benzene rings is 2. The topological polar surface area (TPSA) is 37.2 Å². The van der Waals surface area contributed by atoms with Crippen LogP contribution in [0.15, 0.2) is 40.5 Å². The van der Waals surface area contributed by atoms with Crippen LogP contribution in [0, 0.1) is 13.8 Å². The lowest BCUT2D eigenvalue weighted by molar-refractivity contribution is 0.0852. The summed E-state index contributed by atoms with van der Waals surface area (Å²) in [6.45, 7) is 7.15. The van der Waals surface area contributed by atoms with Gasteiger partial charge in [-0.3, -0.25) is 0 Å². The molecule has 0 amide bonds. The number of halogens is 2. The van der Waals surface area contributed by atoms with Crippen molar-refractivity contribution in [3.05, 3.63) is 62.6 Å². The van der Waals surface area contributed by atoms with Crippen LogP contribution in [0.4, 0.5) is 5.69 Å². The van der Waals surface area contributed by atoms with Crippen molar-refractivity contribution in [3.63, 3.8) is 0 Å². The monoisotopic (exact) mass is 403 g/mol. The number of hydrogen-bond acceptors (Lipinski definition) is 3. The third-order valence-electron chi connectivity index (χ3n) is 4.73. The Bertz CT molecular complexity index is 909. The van der Waals surface area contributed by atoms with Crippen LogP contribution >= 0.6 is 23.2 Å². The second-order valence-electron chi connectivity index (χ2n) is 6.77. The average molecular weight is 404 g/mol. The van der Waals surface area contributed by atoms with Gasteiger partial charge in [-0.05, 0) is 67.8 Å². The Kier molecular flexibility index (Phi) is 6.08. The van der Waals surface area contributed by atoms with Crippen LogP contribution in [0.25, 0.3) is 0 Å². The maximum absolute atomic E-state index is 6.30. The first-order valence-electron chi connectivity index (χ1n) is 8.92. The molecule has 3 rings (SSSR count). The number of rotatable bonds is 5. The highest BCUT2D eigenvalue weighted by Gasteiger charge is 2.27. The van der Waals surface area contributed by atoms with E-state index in [2.05, 4.69) is 43.1 Å². The lowest BCUT2D eigenvalue weighted by atomic mass is 9.95. The van der Waals surface area contributed by atoms with E-state index in [0.29, 0.717) is 16.5 Å². The largest absolute Gasteiger partial charge is 0.387 e. The first-order valence-corrected chi connectivity index (χ1v) is 9.68. The second kappa shape index (κ2) is 8.32. The Morgan fingerprint density at radius 2 is 2.00 bits per heavy atom. The summed E-state index contributed by atoms with van der Waals surface area (Å²) in [5.41, 5.74) is 5.96. The summed E-state index contributed by atoms with van der Waals surface area (Å²) in [7, 11) is 2.01. The van der Waals surface area contributed by atoms with Gasteiger partial charge >= 0.3 is 0 Å². The summed E-state index contributed by atoms with van der Waals surface area (Å²) in [4.78, 5) is 12.4. The van der Waals surface area contributed by atoms with Crippen LogP contribution in [-0.2, 0) is 4.84 Å². The highest BCUT2D eigenvalue weighted by atomic mass is 35.5. The summed E-state index contributed by atoms with van der Waals surface area (Å²) in [6, 6.07) is 9.61. The predicted octanol–water partition coefficient (Wildman–Crippen LogP) is 6.09. The van der Waals surface area contributed by atoms with Crippen molar-refractivity contribution in [2.75, 3.05) is 13.6 Å². The predicted molar refractivity (Wildman–Crippen MR) is 114 cm³/mol. The molecule has 0 fully saturated rings. The molecule has 0 radical (unpaired) electrons. The van der Waals surface area contributed by atoms with Gasteiger partial charge < -0.3 is 9.74 Å². The number of aliphatic imine (C=N–C) groups is 1. The molecule has 0 bridgehead atoms. The van der Waals surface area contributed by atoms with E-state index in [4.69, 9.17) is 28.0 Å². The minimum atomic E-state index is -0.134. The molecule has 1 atom stereocenters. The summed E-state index contributed by atoms with van der Waals surface area (Å²) >= 11 is 12.4. The van der Waals surface area contributed by atoms with Gasteiger partial charge in [0.15, 0.2) is 6.10 Å². The fourth-order valence-electron chi connectivity index (χ4n) is 2.97. The average Bonchev–Trinajstić information content (AvgIpc) is 3.13. The number of hydrogen-bond donors (Lipinski definition) is 0. The summed E-state index contributed by atoms with van der Waals surface area (Å²) < 4.78 is 0. The first kappa shape index (κ1) is 19.7. The van der Waals surface area contributed by atoms with E-state index in [1.807, 2.05) is 24.4 Å².